The maximum atomic E-state index is 1.72. The van der Waals surface area contributed by atoms with E-state index < -0.39 is 0 Å². The minimum absolute atomic E-state index is 0.971. The third kappa shape index (κ3) is 0.421. The van der Waals surface area contributed by atoms with Crippen molar-refractivity contribution in [3.8, 4) is 0 Å². The van der Waals surface area contributed by atoms with Gasteiger partial charge in [0.25, 0.3) is 0 Å². The normalized spacial score (nSPS) is 87.0. The second kappa shape index (κ2) is 1.75. The fourth-order valence-electron chi connectivity index (χ4n) is 9.50. The van der Waals surface area contributed by atoms with Crippen LogP contribution in [-0.2, 0) is 0 Å². The van der Waals surface area contributed by atoms with Gasteiger partial charge in [-0.05, 0) is 96.7 Å². The maximum Gasteiger partial charge on any atom is -0.0206 e. The Labute approximate surface area is 97.2 Å². The van der Waals surface area contributed by atoms with Crippen LogP contribution in [0.5, 0.6) is 0 Å². The van der Waals surface area contributed by atoms with Gasteiger partial charge in [0.2, 0.25) is 0 Å². The zero-order chi connectivity index (χ0) is 9.81. The van der Waals surface area contributed by atoms with E-state index in [0.29, 0.717) is 0 Å². The zero-order valence-electron chi connectivity index (χ0n) is 9.81. The van der Waals surface area contributed by atoms with E-state index in [2.05, 4.69) is 0 Å². The van der Waals surface area contributed by atoms with Gasteiger partial charge in [0, 0.05) is 0 Å². The molecular formula is C16H20. The van der Waals surface area contributed by atoms with Gasteiger partial charge in [0.15, 0.2) is 0 Å². The van der Waals surface area contributed by atoms with Crippen molar-refractivity contribution in [3.63, 3.8) is 0 Å². The van der Waals surface area contributed by atoms with Gasteiger partial charge in [-0.3, -0.25) is 0 Å². The lowest BCUT2D eigenvalue weighted by atomic mass is 9.29. The molecule has 0 aliphatic heterocycles. The Hall–Kier alpha value is 0. The molecule has 0 nitrogen and oxygen atoms in total. The number of hydrogen-bond acceptors (Lipinski definition) is 0. The summed E-state index contributed by atoms with van der Waals surface area (Å²) in [6, 6.07) is 0. The molecule has 7 rings (SSSR count). The predicted octanol–water partition coefficient (Wildman–Crippen LogP) is 3.18. The van der Waals surface area contributed by atoms with Crippen LogP contribution in [0.4, 0.5) is 0 Å². The van der Waals surface area contributed by atoms with Crippen molar-refractivity contribution in [1.82, 2.24) is 0 Å². The van der Waals surface area contributed by atoms with E-state index in [4.69, 9.17) is 0 Å². The highest BCUT2D eigenvalue weighted by Crippen LogP contribution is 2.89. The summed E-state index contributed by atoms with van der Waals surface area (Å²) in [6.07, 6.45) is 8.50. The second-order valence-electron chi connectivity index (χ2n) is 8.66. The van der Waals surface area contributed by atoms with Crippen molar-refractivity contribution in [1.29, 1.82) is 0 Å². The fourth-order valence-corrected chi connectivity index (χ4v) is 9.50. The fraction of sp³-hybridized carbons (Fsp3) is 1.00. The van der Waals surface area contributed by atoms with Gasteiger partial charge < -0.3 is 0 Å². The molecule has 7 aliphatic rings. The topological polar surface area (TPSA) is 0 Å². The molecular weight excluding hydrogens is 192 g/mol. The predicted molar refractivity (Wildman–Crippen MR) is 60.4 cm³/mol. The second-order valence-corrected chi connectivity index (χ2v) is 8.66. The van der Waals surface area contributed by atoms with Crippen molar-refractivity contribution in [2.24, 2.45) is 64.6 Å². The Kier molecular flexibility index (Phi) is 0.813. The summed E-state index contributed by atoms with van der Waals surface area (Å²) < 4.78 is 0. The van der Waals surface area contributed by atoms with Gasteiger partial charge in [0.05, 0.1) is 0 Å². The molecule has 84 valence electrons. The van der Waals surface area contributed by atoms with E-state index >= 15 is 0 Å². The maximum absolute atomic E-state index is 1.72. The first-order chi connectivity index (χ1) is 7.89. The van der Waals surface area contributed by atoms with Gasteiger partial charge in [0.1, 0.15) is 0 Å². The molecule has 0 amide bonds. The molecule has 16 heavy (non-hydrogen) atoms. The summed E-state index contributed by atoms with van der Waals surface area (Å²) in [5, 5.41) is 0. The first-order valence-electron chi connectivity index (χ1n) is 7.89. The van der Waals surface area contributed by atoms with Gasteiger partial charge in [-0.15, -0.1) is 0 Å². The van der Waals surface area contributed by atoms with Crippen LogP contribution in [0, 0.1) is 64.6 Å². The Morgan fingerprint density at radius 1 is 0.688 bits per heavy atom. The van der Waals surface area contributed by atoms with Crippen molar-refractivity contribution >= 4 is 0 Å². The van der Waals surface area contributed by atoms with E-state index in [-0.39, 0.29) is 0 Å². The minimum atomic E-state index is 0.971. The van der Waals surface area contributed by atoms with E-state index in [1.54, 1.807) is 32.1 Å². The summed E-state index contributed by atoms with van der Waals surface area (Å²) in [5.41, 5.74) is 0.971. The molecule has 11 unspecified atom stereocenters. The third-order valence-electron chi connectivity index (χ3n) is 9.39. The highest BCUT2D eigenvalue weighted by atomic mass is 14.9. The molecule has 7 aliphatic carbocycles. The van der Waals surface area contributed by atoms with Crippen LogP contribution in [0.25, 0.3) is 0 Å². The summed E-state index contributed by atoms with van der Waals surface area (Å²) >= 11 is 0. The van der Waals surface area contributed by atoms with Gasteiger partial charge >= 0.3 is 0 Å². The quantitative estimate of drug-likeness (QED) is 0.578. The van der Waals surface area contributed by atoms with E-state index in [0.717, 1.165) is 5.41 Å². The average Bonchev–Trinajstić information content (AvgIpc) is 2.66. The average molecular weight is 212 g/mol. The lowest BCUT2D eigenvalue weighted by Gasteiger charge is -2.76. The molecule has 0 heterocycles. The largest absolute Gasteiger partial charge is 0.0467 e. The molecule has 11 atom stereocenters. The summed E-state index contributed by atoms with van der Waals surface area (Å²) in [4.78, 5) is 0. The van der Waals surface area contributed by atoms with Crippen molar-refractivity contribution in [3.05, 3.63) is 0 Å². The van der Waals surface area contributed by atoms with Crippen LogP contribution < -0.4 is 0 Å². The monoisotopic (exact) mass is 212 g/mol. The molecule has 0 N–H and O–H groups in total. The lowest BCUT2D eigenvalue weighted by Crippen LogP contribution is -2.71. The SMILES string of the molecule is C1C2CC34C5CC6C(C5)C5C6C2C5C3CC14. The van der Waals surface area contributed by atoms with E-state index in [1.807, 2.05) is 0 Å². The standard InChI is InChI=1S/C16H20/c1-6-5-16-7(1)4-11(16)15-12(6)13-9-2-8(16)3-10(9)14(13)15/h6-15H,1-5H2. The van der Waals surface area contributed by atoms with Crippen LogP contribution in [0.2, 0.25) is 0 Å². The van der Waals surface area contributed by atoms with E-state index in [9.17, 15) is 0 Å². The third-order valence-corrected chi connectivity index (χ3v) is 9.39. The first kappa shape index (κ1) is 7.44. The van der Waals surface area contributed by atoms with E-state index in [1.165, 1.54) is 59.2 Å². The lowest BCUT2D eigenvalue weighted by molar-refractivity contribution is -0.285. The van der Waals surface area contributed by atoms with Gasteiger partial charge in [-0.1, -0.05) is 0 Å². The van der Waals surface area contributed by atoms with Gasteiger partial charge in [-0.2, -0.15) is 0 Å². The molecule has 0 radical (unpaired) electrons. The van der Waals surface area contributed by atoms with Crippen LogP contribution in [-0.4, -0.2) is 0 Å². The summed E-state index contributed by atoms with van der Waals surface area (Å²) in [6.45, 7) is 0. The Bertz CT molecular complexity index is 421. The molecule has 7 saturated carbocycles. The number of hydrogen-bond donors (Lipinski definition) is 0. The molecule has 0 heteroatoms. The van der Waals surface area contributed by atoms with Gasteiger partial charge in [-0.25, -0.2) is 0 Å². The smallest absolute Gasteiger partial charge is 0.0206 e. The van der Waals surface area contributed by atoms with Crippen molar-refractivity contribution < 1.29 is 0 Å². The molecule has 0 aromatic heterocycles. The van der Waals surface area contributed by atoms with Crippen LogP contribution >= 0.6 is 0 Å². The Morgan fingerprint density at radius 2 is 1.44 bits per heavy atom. The highest BCUT2D eigenvalue weighted by Gasteiger charge is 2.84. The molecule has 0 aromatic rings. The highest BCUT2D eigenvalue weighted by molar-refractivity contribution is 5.32. The van der Waals surface area contributed by atoms with Crippen molar-refractivity contribution in [2.45, 2.75) is 32.1 Å². The molecule has 1 spiro atoms. The van der Waals surface area contributed by atoms with Crippen molar-refractivity contribution in [2.75, 3.05) is 0 Å². The zero-order valence-corrected chi connectivity index (χ0v) is 9.81. The van der Waals surface area contributed by atoms with Crippen LogP contribution in [0.15, 0.2) is 0 Å². The summed E-state index contributed by atoms with van der Waals surface area (Å²) in [7, 11) is 0. The Morgan fingerprint density at radius 3 is 2.31 bits per heavy atom. The number of fused-ring (bicyclic) bond motifs is 5. The van der Waals surface area contributed by atoms with Crippen LogP contribution in [0.3, 0.4) is 0 Å². The minimum Gasteiger partial charge on any atom is -0.0467 e. The Balaban J connectivity index is 1.60. The summed E-state index contributed by atoms with van der Waals surface area (Å²) in [5.74, 6) is 12.6. The van der Waals surface area contributed by atoms with Crippen LogP contribution in [0.1, 0.15) is 32.1 Å². The molecule has 0 saturated heterocycles. The first-order valence-corrected chi connectivity index (χ1v) is 7.89. The number of rotatable bonds is 0. The molecule has 0 aromatic carbocycles. The molecule has 5 bridgehead atoms. The molecule has 7 fully saturated rings.